The highest BCUT2D eigenvalue weighted by Crippen LogP contribution is 2.53. The molecule has 32 heavy (non-hydrogen) atoms. The van der Waals surface area contributed by atoms with Crippen LogP contribution in [0.3, 0.4) is 0 Å². The zero-order valence-corrected chi connectivity index (χ0v) is 19.1. The van der Waals surface area contributed by atoms with Crippen molar-refractivity contribution in [2.75, 3.05) is 31.1 Å². The molecule has 5 aliphatic rings. The number of aryl methyl sites for hydroxylation is 1. The van der Waals surface area contributed by atoms with Gasteiger partial charge in [-0.25, -0.2) is 0 Å². The van der Waals surface area contributed by atoms with Crippen molar-refractivity contribution >= 4 is 11.7 Å². The number of piperazine rings is 1. The third kappa shape index (κ3) is 3.72. The summed E-state index contributed by atoms with van der Waals surface area (Å²) >= 11 is 0. The largest absolute Gasteiger partial charge is 0.354 e. The van der Waals surface area contributed by atoms with Gasteiger partial charge in [-0.1, -0.05) is 30.3 Å². The number of amides is 1. The van der Waals surface area contributed by atoms with Crippen LogP contribution in [0.15, 0.2) is 36.5 Å². The summed E-state index contributed by atoms with van der Waals surface area (Å²) in [5.41, 5.74) is 2.11. The van der Waals surface area contributed by atoms with Gasteiger partial charge in [-0.2, -0.15) is 5.10 Å². The summed E-state index contributed by atoms with van der Waals surface area (Å²) in [6.45, 7) is 4.82. The summed E-state index contributed by atoms with van der Waals surface area (Å²) in [5.74, 6) is 4.29. The normalized spacial score (nSPS) is 31.8. The van der Waals surface area contributed by atoms with Crippen molar-refractivity contribution in [3.63, 3.8) is 0 Å². The monoisotopic (exact) mass is 433 g/mol. The number of carbonyl (C=O) groups excluding carboxylic acids is 1. The zero-order chi connectivity index (χ0) is 21.7. The maximum atomic E-state index is 13.4. The van der Waals surface area contributed by atoms with Crippen LogP contribution in [0, 0.1) is 23.7 Å². The zero-order valence-electron chi connectivity index (χ0n) is 19.1. The van der Waals surface area contributed by atoms with Crippen LogP contribution < -0.4 is 10.2 Å². The van der Waals surface area contributed by atoms with E-state index in [2.05, 4.69) is 50.5 Å². The first-order valence-electron chi connectivity index (χ1n) is 12.5. The van der Waals surface area contributed by atoms with E-state index < -0.39 is 0 Å². The van der Waals surface area contributed by atoms with Crippen molar-refractivity contribution in [3.05, 3.63) is 47.7 Å². The number of benzene rings is 1. The van der Waals surface area contributed by atoms with Gasteiger partial charge in [0.05, 0.1) is 6.20 Å². The number of nitrogens with zero attached hydrogens (tertiary/aromatic N) is 4. The van der Waals surface area contributed by atoms with Gasteiger partial charge in [-0.05, 0) is 61.3 Å². The molecule has 1 aliphatic heterocycles. The van der Waals surface area contributed by atoms with E-state index in [4.69, 9.17) is 0 Å². The van der Waals surface area contributed by atoms with Crippen LogP contribution in [0.4, 0.5) is 5.82 Å². The average molecular weight is 434 g/mol. The first-order chi connectivity index (χ1) is 15.6. The third-order valence-electron chi connectivity index (χ3n) is 8.60. The number of hydrogen-bond acceptors (Lipinski definition) is 4. The molecule has 170 valence electrons. The number of hydrogen-bond donors (Lipinski definition) is 1. The molecule has 1 aromatic carbocycles. The van der Waals surface area contributed by atoms with Gasteiger partial charge >= 0.3 is 0 Å². The lowest BCUT2D eigenvalue weighted by Crippen LogP contribution is -2.56. The average Bonchev–Trinajstić information content (AvgIpc) is 3.18. The molecular weight excluding hydrogens is 398 g/mol. The molecule has 0 atom stereocenters. The summed E-state index contributed by atoms with van der Waals surface area (Å²) in [7, 11) is 1.96. The van der Waals surface area contributed by atoms with Gasteiger partial charge in [0.15, 0.2) is 0 Å². The van der Waals surface area contributed by atoms with Gasteiger partial charge in [-0.15, -0.1) is 0 Å². The van der Waals surface area contributed by atoms with Crippen LogP contribution >= 0.6 is 0 Å². The van der Waals surface area contributed by atoms with E-state index in [-0.39, 0.29) is 5.91 Å². The minimum Gasteiger partial charge on any atom is -0.354 e. The van der Waals surface area contributed by atoms with Crippen LogP contribution in [-0.2, 0) is 13.6 Å². The molecule has 1 amide bonds. The first kappa shape index (κ1) is 20.3. The van der Waals surface area contributed by atoms with Crippen LogP contribution in [0.25, 0.3) is 0 Å². The molecule has 4 aliphatic carbocycles. The maximum absolute atomic E-state index is 13.4. The van der Waals surface area contributed by atoms with E-state index in [1.807, 2.05) is 11.7 Å². The Bertz CT molecular complexity index is 934. The lowest BCUT2D eigenvalue weighted by molar-refractivity contribution is -0.0119. The number of carbonyl (C=O) groups is 1. The predicted octanol–water partition coefficient (Wildman–Crippen LogP) is 3.30. The van der Waals surface area contributed by atoms with Crippen molar-refractivity contribution in [1.82, 2.24) is 20.0 Å². The smallest absolute Gasteiger partial charge is 0.256 e. The number of nitrogens with one attached hydrogen (secondary N) is 1. The van der Waals surface area contributed by atoms with E-state index in [9.17, 15) is 4.79 Å². The second-order valence-electron chi connectivity index (χ2n) is 10.7. The number of rotatable bonds is 5. The minimum absolute atomic E-state index is 0.0808. The van der Waals surface area contributed by atoms with Crippen molar-refractivity contribution in [3.8, 4) is 0 Å². The van der Waals surface area contributed by atoms with E-state index in [0.29, 0.717) is 17.9 Å². The van der Waals surface area contributed by atoms with Gasteiger partial charge < -0.3 is 10.2 Å². The van der Waals surface area contributed by atoms with Gasteiger partial charge in [0.1, 0.15) is 11.4 Å². The minimum atomic E-state index is 0.0808. The molecule has 4 saturated carbocycles. The topological polar surface area (TPSA) is 53.4 Å². The second-order valence-corrected chi connectivity index (χ2v) is 10.7. The SMILES string of the molecule is Cn1ncc(C(=O)NC2C3CC4CC(C3)CC2C4)c1N1CCN(Cc2ccccc2)CC1. The van der Waals surface area contributed by atoms with Gasteiger partial charge in [0.2, 0.25) is 0 Å². The molecular formula is C26H35N5O. The summed E-state index contributed by atoms with van der Waals surface area (Å²) in [4.78, 5) is 18.3. The van der Waals surface area contributed by atoms with E-state index in [1.165, 1.54) is 37.7 Å². The first-order valence-corrected chi connectivity index (χ1v) is 12.5. The predicted molar refractivity (Wildman–Crippen MR) is 125 cm³/mol. The van der Waals surface area contributed by atoms with E-state index in [1.54, 1.807) is 6.20 Å². The maximum Gasteiger partial charge on any atom is 0.256 e. The van der Waals surface area contributed by atoms with Gasteiger partial charge in [0.25, 0.3) is 5.91 Å². The molecule has 2 heterocycles. The van der Waals surface area contributed by atoms with Crippen molar-refractivity contribution in [1.29, 1.82) is 0 Å². The molecule has 0 spiro atoms. The third-order valence-corrected chi connectivity index (χ3v) is 8.60. The molecule has 0 radical (unpaired) electrons. The van der Waals surface area contributed by atoms with E-state index >= 15 is 0 Å². The Hall–Kier alpha value is -2.34. The molecule has 1 N–H and O–H groups in total. The highest BCUT2D eigenvalue weighted by atomic mass is 16.1. The Labute approximate surface area is 191 Å². The molecule has 6 nitrogen and oxygen atoms in total. The summed E-state index contributed by atoms with van der Waals surface area (Å²) < 4.78 is 1.89. The standard InChI is InChI=1S/C26H35N5O/c1-29-26(31-9-7-30(8-10-31)17-18-5-3-2-4-6-18)23(16-27-29)25(32)28-24-21-12-19-11-20(14-21)15-22(24)13-19/h2-6,16,19-22,24H,7-15,17H2,1H3,(H,28,32). The van der Waals surface area contributed by atoms with Crippen LogP contribution in [-0.4, -0.2) is 52.8 Å². The fraction of sp³-hybridized carbons (Fsp3) is 0.615. The molecule has 1 aromatic heterocycles. The van der Waals surface area contributed by atoms with Crippen molar-refractivity contribution in [2.45, 2.75) is 44.7 Å². The highest BCUT2D eigenvalue weighted by Gasteiger charge is 2.48. The Morgan fingerprint density at radius 1 is 0.969 bits per heavy atom. The van der Waals surface area contributed by atoms with Crippen molar-refractivity contribution in [2.24, 2.45) is 30.7 Å². The lowest BCUT2D eigenvalue weighted by atomic mass is 9.54. The molecule has 7 rings (SSSR count). The van der Waals surface area contributed by atoms with Crippen LogP contribution in [0.2, 0.25) is 0 Å². The number of anilines is 1. The number of aromatic nitrogens is 2. The molecule has 6 heteroatoms. The Kier molecular flexibility index (Phi) is 5.21. The molecule has 2 aromatic rings. The summed E-state index contributed by atoms with van der Waals surface area (Å²) in [5, 5.41) is 7.97. The Morgan fingerprint density at radius 2 is 1.62 bits per heavy atom. The fourth-order valence-corrected chi connectivity index (χ4v) is 7.32. The molecule has 4 bridgehead atoms. The van der Waals surface area contributed by atoms with Crippen LogP contribution in [0.5, 0.6) is 0 Å². The molecule has 5 fully saturated rings. The van der Waals surface area contributed by atoms with Gasteiger partial charge in [0, 0.05) is 45.8 Å². The fourth-order valence-electron chi connectivity index (χ4n) is 7.32. The van der Waals surface area contributed by atoms with Crippen LogP contribution in [0.1, 0.15) is 48.0 Å². The molecule has 0 unspecified atom stereocenters. The van der Waals surface area contributed by atoms with Crippen molar-refractivity contribution < 1.29 is 4.79 Å². The highest BCUT2D eigenvalue weighted by molar-refractivity contribution is 5.99. The Morgan fingerprint density at radius 3 is 2.28 bits per heavy atom. The summed E-state index contributed by atoms with van der Waals surface area (Å²) in [6.07, 6.45) is 8.50. The lowest BCUT2D eigenvalue weighted by Gasteiger charge is -2.54. The summed E-state index contributed by atoms with van der Waals surface area (Å²) in [6, 6.07) is 11.0. The van der Waals surface area contributed by atoms with E-state index in [0.717, 1.165) is 55.9 Å². The van der Waals surface area contributed by atoms with Gasteiger partial charge in [-0.3, -0.25) is 14.4 Å². The Balaban J connectivity index is 1.12. The second kappa shape index (κ2) is 8.22. The quantitative estimate of drug-likeness (QED) is 0.786. The molecule has 1 saturated heterocycles.